The maximum absolute atomic E-state index is 13.8. The average molecular weight is 474 g/mol. The molecule has 1 aliphatic heterocycles. The van der Waals surface area contributed by atoms with E-state index in [-0.39, 0.29) is 40.7 Å². The number of fused-ring (bicyclic) bond motifs is 1. The molecule has 0 unspecified atom stereocenters. The third kappa shape index (κ3) is 4.77. The molecule has 34 heavy (non-hydrogen) atoms. The first kappa shape index (κ1) is 23.7. The fourth-order valence-electron chi connectivity index (χ4n) is 4.31. The highest BCUT2D eigenvalue weighted by atomic mass is 19.4. The lowest BCUT2D eigenvalue weighted by Crippen LogP contribution is -2.29. The van der Waals surface area contributed by atoms with Gasteiger partial charge in [-0.3, -0.25) is 9.59 Å². The summed E-state index contributed by atoms with van der Waals surface area (Å²) in [7, 11) is 0. The molecule has 10 heteroatoms. The lowest BCUT2D eigenvalue weighted by molar-refractivity contribution is -0.138. The molecule has 3 aromatic rings. The maximum Gasteiger partial charge on any atom is 0.416 e. The Morgan fingerprint density at radius 2 is 2.00 bits per heavy atom. The minimum Gasteiger partial charge on any atom is -0.396 e. The number of aliphatic hydroxyl groups excluding tert-OH is 1. The molecule has 2 heterocycles. The summed E-state index contributed by atoms with van der Waals surface area (Å²) in [6, 6.07) is 7.85. The predicted molar refractivity (Wildman–Crippen MR) is 122 cm³/mol. The van der Waals surface area contributed by atoms with Gasteiger partial charge in [-0.15, -0.1) is 0 Å². The molecule has 2 aromatic carbocycles. The Morgan fingerprint density at radius 1 is 1.29 bits per heavy atom. The van der Waals surface area contributed by atoms with Gasteiger partial charge in [0.05, 0.1) is 16.5 Å². The fraction of sp³-hybridized carbons (Fsp3) is 0.375. The Kier molecular flexibility index (Phi) is 6.35. The zero-order valence-corrected chi connectivity index (χ0v) is 18.7. The van der Waals surface area contributed by atoms with E-state index in [2.05, 4.69) is 15.3 Å². The number of hydrogen-bond donors (Lipinski definition) is 3. The van der Waals surface area contributed by atoms with Crippen LogP contribution in [0, 0.1) is 12.8 Å². The highest BCUT2D eigenvalue weighted by Gasteiger charge is 2.35. The number of carbonyl (C=O) groups excluding carboxylic acids is 1. The van der Waals surface area contributed by atoms with Crippen LogP contribution in [0.2, 0.25) is 0 Å². The summed E-state index contributed by atoms with van der Waals surface area (Å²) in [4.78, 5) is 33.2. The van der Waals surface area contributed by atoms with Crippen LogP contribution in [0.1, 0.15) is 46.7 Å². The van der Waals surface area contributed by atoms with Crippen LogP contribution < -0.4 is 10.9 Å². The first-order valence-electron chi connectivity index (χ1n) is 11.0. The van der Waals surface area contributed by atoms with E-state index in [1.165, 1.54) is 13.0 Å². The second kappa shape index (κ2) is 9.09. The number of likely N-dealkylation sites (tertiary alicyclic amines) is 1. The van der Waals surface area contributed by atoms with Gasteiger partial charge in [-0.2, -0.15) is 13.2 Å². The van der Waals surface area contributed by atoms with E-state index < -0.39 is 23.3 Å². The van der Waals surface area contributed by atoms with Gasteiger partial charge in [0, 0.05) is 42.9 Å². The summed E-state index contributed by atoms with van der Waals surface area (Å²) in [5.74, 6) is 0.174. The van der Waals surface area contributed by atoms with Crippen molar-refractivity contribution in [2.24, 2.45) is 5.92 Å². The standard InChI is InChI=1S/C24H25F3N4O3/c1-13(18-9-19-21(10-20(18)24(25,26)27)29-14(2)30-22(19)33)28-17-5-3-16(4-6-17)23(34)31-8-7-15(11-31)12-32/h3-6,9-10,13,15,28,32H,7-8,11-12H2,1-2H3,(H,29,30,33)/t13-,15+/m0/s1. The van der Waals surface area contributed by atoms with E-state index in [4.69, 9.17) is 0 Å². The van der Waals surface area contributed by atoms with E-state index in [1.807, 2.05) is 0 Å². The van der Waals surface area contributed by atoms with E-state index in [0.717, 1.165) is 12.5 Å². The molecule has 0 radical (unpaired) electrons. The summed E-state index contributed by atoms with van der Waals surface area (Å²) < 4.78 is 41.5. The number of nitrogens with zero attached hydrogens (tertiary/aromatic N) is 2. The number of halogens is 3. The molecule has 1 aliphatic rings. The monoisotopic (exact) mass is 474 g/mol. The number of amides is 1. The van der Waals surface area contributed by atoms with Gasteiger partial charge in [-0.05, 0) is 62.2 Å². The van der Waals surface area contributed by atoms with Gasteiger partial charge in [0.15, 0.2) is 0 Å². The summed E-state index contributed by atoms with van der Waals surface area (Å²) in [5, 5.41) is 12.4. The molecule has 0 aliphatic carbocycles. The number of aromatic nitrogens is 2. The van der Waals surface area contributed by atoms with Crippen molar-refractivity contribution in [3.8, 4) is 0 Å². The number of aliphatic hydroxyl groups is 1. The third-order valence-electron chi connectivity index (χ3n) is 6.11. The van der Waals surface area contributed by atoms with Crippen molar-refractivity contribution in [1.82, 2.24) is 14.9 Å². The van der Waals surface area contributed by atoms with Crippen molar-refractivity contribution >= 4 is 22.5 Å². The van der Waals surface area contributed by atoms with Crippen LogP contribution in [0.15, 0.2) is 41.2 Å². The van der Waals surface area contributed by atoms with Crippen LogP contribution in [-0.2, 0) is 6.18 Å². The zero-order valence-electron chi connectivity index (χ0n) is 18.7. The molecule has 1 saturated heterocycles. The second-order valence-electron chi connectivity index (χ2n) is 8.64. The quantitative estimate of drug-likeness (QED) is 0.522. The molecule has 1 fully saturated rings. The molecule has 1 aromatic heterocycles. The van der Waals surface area contributed by atoms with Gasteiger partial charge >= 0.3 is 6.18 Å². The van der Waals surface area contributed by atoms with Gasteiger partial charge in [0.25, 0.3) is 11.5 Å². The van der Waals surface area contributed by atoms with Crippen molar-refractivity contribution in [2.75, 3.05) is 25.0 Å². The number of H-pyrrole nitrogens is 1. The number of benzene rings is 2. The largest absolute Gasteiger partial charge is 0.416 e. The Labute approximate surface area is 193 Å². The SMILES string of the molecule is Cc1nc2cc(C(F)(F)F)c([C@H](C)Nc3ccc(C(=O)N4CC[C@@H](CO)C4)cc3)cc2c(=O)[nH]1. The second-order valence-corrected chi connectivity index (χ2v) is 8.64. The Balaban J connectivity index is 1.58. The maximum atomic E-state index is 13.8. The van der Waals surface area contributed by atoms with Crippen LogP contribution in [0.25, 0.3) is 10.9 Å². The molecule has 7 nitrogen and oxygen atoms in total. The van der Waals surface area contributed by atoms with Crippen LogP contribution >= 0.6 is 0 Å². The Morgan fingerprint density at radius 3 is 2.62 bits per heavy atom. The normalized spacial score (nSPS) is 17.2. The molecule has 4 rings (SSSR count). The van der Waals surface area contributed by atoms with Crippen LogP contribution in [0.3, 0.4) is 0 Å². The number of carbonyl (C=O) groups is 1. The molecular weight excluding hydrogens is 449 g/mol. The molecule has 0 saturated carbocycles. The van der Waals surface area contributed by atoms with Gasteiger partial charge in [-0.25, -0.2) is 4.98 Å². The van der Waals surface area contributed by atoms with Crippen LogP contribution in [-0.4, -0.2) is 45.6 Å². The van der Waals surface area contributed by atoms with E-state index in [0.29, 0.717) is 24.3 Å². The molecular formula is C24H25F3N4O3. The minimum absolute atomic E-state index is 0.0160. The van der Waals surface area contributed by atoms with Gasteiger partial charge in [0.1, 0.15) is 5.82 Å². The zero-order chi connectivity index (χ0) is 24.6. The summed E-state index contributed by atoms with van der Waals surface area (Å²) in [6.45, 7) is 4.21. The van der Waals surface area contributed by atoms with E-state index >= 15 is 0 Å². The molecule has 180 valence electrons. The van der Waals surface area contributed by atoms with Crippen LogP contribution in [0.5, 0.6) is 0 Å². The van der Waals surface area contributed by atoms with Gasteiger partial charge in [0.2, 0.25) is 0 Å². The molecule has 0 bridgehead atoms. The van der Waals surface area contributed by atoms with Crippen LogP contribution in [0.4, 0.5) is 18.9 Å². The number of aryl methyl sites for hydroxylation is 1. The number of anilines is 1. The van der Waals surface area contributed by atoms with Crippen molar-refractivity contribution in [3.05, 3.63) is 69.3 Å². The van der Waals surface area contributed by atoms with E-state index in [1.54, 1.807) is 36.1 Å². The van der Waals surface area contributed by atoms with Crippen molar-refractivity contribution in [1.29, 1.82) is 0 Å². The summed E-state index contributed by atoms with van der Waals surface area (Å²) in [6.07, 6.45) is -3.87. The average Bonchev–Trinajstić information content (AvgIpc) is 3.27. The first-order chi connectivity index (χ1) is 16.1. The minimum atomic E-state index is -4.63. The van der Waals surface area contributed by atoms with Crippen molar-refractivity contribution < 1.29 is 23.1 Å². The summed E-state index contributed by atoms with van der Waals surface area (Å²) >= 11 is 0. The van der Waals surface area contributed by atoms with Gasteiger partial charge in [-0.1, -0.05) is 0 Å². The highest BCUT2D eigenvalue weighted by Crippen LogP contribution is 2.37. The topological polar surface area (TPSA) is 98.3 Å². The molecule has 3 N–H and O–H groups in total. The number of hydrogen-bond acceptors (Lipinski definition) is 5. The lowest BCUT2D eigenvalue weighted by atomic mass is 9.98. The molecule has 1 amide bonds. The number of nitrogens with one attached hydrogen (secondary N) is 2. The molecule has 2 atom stereocenters. The molecule has 0 spiro atoms. The number of rotatable bonds is 5. The van der Waals surface area contributed by atoms with Crippen molar-refractivity contribution in [3.63, 3.8) is 0 Å². The predicted octanol–water partition coefficient (Wildman–Crippen LogP) is 3.88. The van der Waals surface area contributed by atoms with Gasteiger partial charge < -0.3 is 20.3 Å². The number of alkyl halides is 3. The Hall–Kier alpha value is -3.40. The lowest BCUT2D eigenvalue weighted by Gasteiger charge is -2.21. The fourth-order valence-corrected chi connectivity index (χ4v) is 4.31. The highest BCUT2D eigenvalue weighted by molar-refractivity contribution is 5.94. The Bertz CT molecular complexity index is 1270. The number of aromatic amines is 1. The smallest absolute Gasteiger partial charge is 0.396 e. The first-order valence-corrected chi connectivity index (χ1v) is 11.0. The van der Waals surface area contributed by atoms with Crippen molar-refractivity contribution in [2.45, 2.75) is 32.5 Å². The summed E-state index contributed by atoms with van der Waals surface area (Å²) in [5.41, 5.74) is -0.467. The van der Waals surface area contributed by atoms with E-state index in [9.17, 15) is 27.9 Å². The third-order valence-corrected chi connectivity index (χ3v) is 6.11.